The number of amides is 3. The number of anilines is 2. The highest BCUT2D eigenvalue weighted by molar-refractivity contribution is 5.90. The van der Waals surface area contributed by atoms with E-state index in [2.05, 4.69) is 21.6 Å². The van der Waals surface area contributed by atoms with Gasteiger partial charge in [0.1, 0.15) is 5.82 Å². The van der Waals surface area contributed by atoms with E-state index in [9.17, 15) is 32.3 Å². The number of halogens is 4. The number of urea groups is 1. The molecule has 2 aromatic carbocycles. The second-order valence-electron chi connectivity index (χ2n) is 11.3. The summed E-state index contributed by atoms with van der Waals surface area (Å²) >= 11 is 0. The molecule has 1 heterocycles. The van der Waals surface area contributed by atoms with E-state index < -0.39 is 29.7 Å². The second kappa shape index (κ2) is 11.0. The van der Waals surface area contributed by atoms with Crippen LogP contribution in [0.3, 0.4) is 0 Å². The summed E-state index contributed by atoms with van der Waals surface area (Å²) in [5.41, 5.74) is 0.357. The van der Waals surface area contributed by atoms with Crippen LogP contribution in [0.5, 0.6) is 0 Å². The van der Waals surface area contributed by atoms with Gasteiger partial charge in [0, 0.05) is 50.5 Å². The van der Waals surface area contributed by atoms with E-state index in [0.29, 0.717) is 57.1 Å². The Morgan fingerprint density at radius 2 is 1.90 bits per heavy atom. The maximum absolute atomic E-state index is 13.8. The van der Waals surface area contributed by atoms with E-state index in [1.807, 2.05) is 18.2 Å². The summed E-state index contributed by atoms with van der Waals surface area (Å²) in [6.45, 7) is 3.59. The Morgan fingerprint density at radius 1 is 1.12 bits per heavy atom. The number of hydrogen-bond donors (Lipinski definition) is 3. The summed E-state index contributed by atoms with van der Waals surface area (Å²) < 4.78 is 53.5. The topological polar surface area (TPSA) is 84.9 Å². The monoisotopic (exact) mass is 562 g/mol. The molecule has 7 nitrogen and oxygen atoms in total. The maximum atomic E-state index is 13.8. The molecular weight excluding hydrogens is 528 g/mol. The van der Waals surface area contributed by atoms with Crippen molar-refractivity contribution in [2.24, 2.45) is 5.92 Å². The fraction of sp³-hybridized carbons (Fsp3) is 0.517. The van der Waals surface area contributed by atoms with Crippen LogP contribution in [0.2, 0.25) is 0 Å². The van der Waals surface area contributed by atoms with Crippen molar-refractivity contribution in [3.8, 4) is 0 Å². The SMILES string of the molecule is CC(=O)Nc1cccc([C@@]23CC[C@@H](N(CCN4CC[C@@H](O)C4)C(=O)Nc4ccc(F)c(C(F)(F)F)c4)CC2C3)c1. The Hall–Kier alpha value is -3.18. The number of fused-ring (bicyclic) bond motifs is 1. The predicted molar refractivity (Wildman–Crippen MR) is 142 cm³/mol. The highest BCUT2D eigenvalue weighted by atomic mass is 19.4. The molecule has 0 aromatic heterocycles. The number of likely N-dealkylation sites (tertiary alicyclic amines) is 1. The van der Waals surface area contributed by atoms with Gasteiger partial charge in [-0.05, 0) is 79.3 Å². The summed E-state index contributed by atoms with van der Waals surface area (Å²) in [6, 6.07) is 9.69. The number of carbonyl (C=O) groups excluding carboxylic acids is 2. The number of nitrogens with one attached hydrogen (secondary N) is 2. The minimum Gasteiger partial charge on any atom is -0.392 e. The van der Waals surface area contributed by atoms with Crippen LogP contribution in [-0.4, -0.2) is 65.2 Å². The number of alkyl halides is 3. The summed E-state index contributed by atoms with van der Waals surface area (Å²) in [7, 11) is 0. The molecule has 11 heteroatoms. The van der Waals surface area contributed by atoms with E-state index in [-0.39, 0.29) is 23.1 Å². The Labute approximate surface area is 230 Å². The van der Waals surface area contributed by atoms with E-state index in [4.69, 9.17) is 0 Å². The van der Waals surface area contributed by atoms with Gasteiger partial charge < -0.3 is 20.6 Å². The number of hydrogen-bond acceptors (Lipinski definition) is 4. The average Bonchev–Trinajstić information content (AvgIpc) is 3.49. The van der Waals surface area contributed by atoms with Crippen molar-refractivity contribution >= 4 is 23.3 Å². The molecule has 0 spiro atoms. The average molecular weight is 563 g/mol. The zero-order chi connectivity index (χ0) is 28.7. The lowest BCUT2D eigenvalue weighted by Crippen LogP contribution is -2.48. The number of aliphatic hydroxyl groups excluding tert-OH is 1. The van der Waals surface area contributed by atoms with Crippen molar-refractivity contribution in [2.45, 2.75) is 62.8 Å². The van der Waals surface area contributed by atoms with Crippen molar-refractivity contribution in [3.63, 3.8) is 0 Å². The first-order valence-corrected chi connectivity index (χ1v) is 13.7. The molecular formula is C29H34F4N4O3. The Balaban J connectivity index is 1.31. The molecule has 4 atom stereocenters. The Bertz CT molecular complexity index is 1270. The summed E-state index contributed by atoms with van der Waals surface area (Å²) in [5.74, 6) is -1.19. The van der Waals surface area contributed by atoms with Gasteiger partial charge in [0.2, 0.25) is 5.91 Å². The highest BCUT2D eigenvalue weighted by Gasteiger charge is 2.58. The lowest BCUT2D eigenvalue weighted by molar-refractivity contribution is -0.139. The Morgan fingerprint density at radius 3 is 2.58 bits per heavy atom. The van der Waals surface area contributed by atoms with Crippen LogP contribution in [-0.2, 0) is 16.4 Å². The zero-order valence-electron chi connectivity index (χ0n) is 22.3. The van der Waals surface area contributed by atoms with Crippen molar-refractivity contribution in [1.29, 1.82) is 0 Å². The van der Waals surface area contributed by atoms with Crippen LogP contribution >= 0.6 is 0 Å². The van der Waals surface area contributed by atoms with Crippen molar-refractivity contribution in [2.75, 3.05) is 36.8 Å². The van der Waals surface area contributed by atoms with Gasteiger partial charge in [0.05, 0.1) is 11.7 Å². The number of benzene rings is 2. The zero-order valence-corrected chi connectivity index (χ0v) is 22.3. The third kappa shape index (κ3) is 6.10. The molecule has 1 unspecified atom stereocenters. The molecule has 3 aliphatic rings. The summed E-state index contributed by atoms with van der Waals surface area (Å²) in [4.78, 5) is 28.8. The molecule has 216 valence electrons. The molecule has 3 N–H and O–H groups in total. The number of carbonyl (C=O) groups is 2. The van der Waals surface area contributed by atoms with Gasteiger partial charge in [-0.3, -0.25) is 9.69 Å². The maximum Gasteiger partial charge on any atom is 0.419 e. The van der Waals surface area contributed by atoms with Crippen molar-refractivity contribution in [3.05, 3.63) is 59.4 Å². The van der Waals surface area contributed by atoms with Crippen LogP contribution in [0.25, 0.3) is 0 Å². The van der Waals surface area contributed by atoms with Gasteiger partial charge in [0.15, 0.2) is 0 Å². The third-order valence-electron chi connectivity index (χ3n) is 8.60. The molecule has 2 saturated carbocycles. The number of β-amino-alcohol motifs (C(OH)–C–C–N with tert-alkyl or cyclic N) is 1. The molecule has 3 amide bonds. The molecule has 2 aromatic rings. The first kappa shape index (κ1) is 28.4. The molecule has 0 radical (unpaired) electrons. The largest absolute Gasteiger partial charge is 0.419 e. The van der Waals surface area contributed by atoms with Crippen LogP contribution in [0.15, 0.2) is 42.5 Å². The second-order valence-corrected chi connectivity index (χ2v) is 11.3. The summed E-state index contributed by atoms with van der Waals surface area (Å²) in [6.07, 6.45) is -1.35. The molecule has 5 rings (SSSR count). The normalized spacial score (nSPS) is 26.2. The smallest absolute Gasteiger partial charge is 0.392 e. The van der Waals surface area contributed by atoms with Crippen molar-refractivity contribution < 1.29 is 32.3 Å². The van der Waals surface area contributed by atoms with Gasteiger partial charge >= 0.3 is 12.2 Å². The van der Waals surface area contributed by atoms with Gasteiger partial charge in [0.25, 0.3) is 0 Å². The Kier molecular flexibility index (Phi) is 7.80. The minimum absolute atomic E-state index is 0.00917. The lowest BCUT2D eigenvalue weighted by Gasteiger charge is -2.37. The van der Waals surface area contributed by atoms with Crippen LogP contribution in [0, 0.1) is 11.7 Å². The lowest BCUT2D eigenvalue weighted by atomic mass is 9.80. The first-order chi connectivity index (χ1) is 18.9. The molecule has 1 saturated heterocycles. The van der Waals surface area contributed by atoms with Crippen LogP contribution in [0.4, 0.5) is 33.7 Å². The van der Waals surface area contributed by atoms with Gasteiger partial charge in [-0.2, -0.15) is 13.2 Å². The van der Waals surface area contributed by atoms with Crippen LogP contribution < -0.4 is 10.6 Å². The number of rotatable bonds is 7. The number of nitrogens with zero attached hydrogens (tertiary/aromatic N) is 2. The predicted octanol–water partition coefficient (Wildman–Crippen LogP) is 5.21. The highest BCUT2D eigenvalue weighted by Crippen LogP contribution is 2.63. The quantitative estimate of drug-likeness (QED) is 0.405. The molecule has 3 fully saturated rings. The van der Waals surface area contributed by atoms with Crippen molar-refractivity contribution in [1.82, 2.24) is 9.80 Å². The fourth-order valence-corrected chi connectivity index (χ4v) is 6.49. The minimum atomic E-state index is -4.88. The fourth-order valence-electron chi connectivity index (χ4n) is 6.49. The van der Waals surface area contributed by atoms with Gasteiger partial charge in [-0.1, -0.05) is 12.1 Å². The number of aliphatic hydroxyl groups is 1. The van der Waals surface area contributed by atoms with E-state index in [1.54, 1.807) is 4.90 Å². The van der Waals surface area contributed by atoms with Crippen LogP contribution in [0.1, 0.15) is 50.2 Å². The van der Waals surface area contributed by atoms with E-state index in [0.717, 1.165) is 36.6 Å². The van der Waals surface area contributed by atoms with Gasteiger partial charge in [-0.15, -0.1) is 0 Å². The standard InChI is InChI=1S/C29H34F4N4O3/c1-18(38)34-21-4-2-3-19(13-21)28-9-7-23(14-20(28)16-28)37(12-11-36-10-8-24(39)17-36)27(40)35-22-5-6-26(30)25(15-22)29(31,32)33/h2-6,13,15,20,23-24,39H,7-12,14,16-17H2,1H3,(H,34,38)(H,35,40)/t20?,23-,24-,28+/m1/s1. The molecule has 40 heavy (non-hydrogen) atoms. The third-order valence-corrected chi connectivity index (χ3v) is 8.60. The first-order valence-electron chi connectivity index (χ1n) is 13.7. The van der Waals surface area contributed by atoms with Gasteiger partial charge in [-0.25, -0.2) is 9.18 Å². The summed E-state index contributed by atoms with van der Waals surface area (Å²) in [5, 5.41) is 15.3. The molecule has 1 aliphatic heterocycles. The van der Waals surface area contributed by atoms with E-state index >= 15 is 0 Å². The molecule has 2 aliphatic carbocycles. The molecule has 0 bridgehead atoms. The van der Waals surface area contributed by atoms with E-state index in [1.165, 1.54) is 6.92 Å².